The minimum atomic E-state index is 0.614. The van der Waals surface area contributed by atoms with E-state index in [1.54, 1.807) is 0 Å². The van der Waals surface area contributed by atoms with Gasteiger partial charge in [0.05, 0.1) is 29.0 Å². The van der Waals surface area contributed by atoms with Crippen molar-refractivity contribution in [3.63, 3.8) is 0 Å². The minimum Gasteiger partial charge on any atom is -0.310 e. The van der Waals surface area contributed by atoms with Crippen LogP contribution in [0.25, 0.3) is 77.4 Å². The van der Waals surface area contributed by atoms with E-state index in [0.29, 0.717) is 11.5 Å². The highest BCUT2D eigenvalue weighted by Gasteiger charge is 2.17. The molecule has 0 amide bonds. The molecule has 0 bridgehead atoms. The molecule has 58 heavy (non-hydrogen) atoms. The summed E-state index contributed by atoms with van der Waals surface area (Å²) in [4.78, 5) is 16.1. The molecule has 0 saturated carbocycles. The third-order valence-electron chi connectivity index (χ3n) is 10.6. The standard InChI is InChI=1S/C53H35N5/c1-54-42-28-32-52-48(35-42)47-34-41(40-19-14-24-46(33-40)57(43-20-10-4-11-21-43)44-22-12-5-13-23-44)27-31-51(47)58(52)45-29-25-38(26-30-45)50-36-49(37-15-6-2-7-16-37)55-53(56-50)39-17-8-3-9-18-39/h2-36H. The molecule has 0 radical (unpaired) electrons. The van der Waals surface area contributed by atoms with Crippen molar-refractivity contribution in [1.29, 1.82) is 0 Å². The van der Waals surface area contributed by atoms with Gasteiger partial charge >= 0.3 is 0 Å². The number of rotatable bonds is 8. The van der Waals surface area contributed by atoms with Crippen LogP contribution in [0.1, 0.15) is 0 Å². The molecule has 0 aliphatic heterocycles. The Balaban J connectivity index is 1.07. The molecule has 0 saturated heterocycles. The molecule has 2 heterocycles. The van der Waals surface area contributed by atoms with Gasteiger partial charge in [-0.1, -0.05) is 133 Å². The van der Waals surface area contributed by atoms with Crippen molar-refractivity contribution in [2.75, 3.05) is 4.90 Å². The Kier molecular flexibility index (Phi) is 8.83. The van der Waals surface area contributed by atoms with Crippen molar-refractivity contribution in [2.24, 2.45) is 0 Å². The molecule has 0 atom stereocenters. The molecule has 10 aromatic rings. The molecule has 2 aromatic heterocycles. The summed E-state index contributed by atoms with van der Waals surface area (Å²) < 4.78 is 2.29. The van der Waals surface area contributed by atoms with E-state index >= 15 is 0 Å². The van der Waals surface area contributed by atoms with Crippen LogP contribution in [-0.2, 0) is 0 Å². The zero-order chi connectivity index (χ0) is 38.8. The van der Waals surface area contributed by atoms with Crippen LogP contribution in [-0.4, -0.2) is 14.5 Å². The summed E-state index contributed by atoms with van der Waals surface area (Å²) in [5, 5.41) is 2.13. The van der Waals surface area contributed by atoms with Crippen molar-refractivity contribution in [3.8, 4) is 50.7 Å². The molecule has 272 valence electrons. The van der Waals surface area contributed by atoms with E-state index < -0.39 is 0 Å². The molecular formula is C53H35N5. The second-order valence-electron chi connectivity index (χ2n) is 14.2. The fourth-order valence-electron chi connectivity index (χ4n) is 7.81. The number of hydrogen-bond acceptors (Lipinski definition) is 3. The number of anilines is 3. The zero-order valence-corrected chi connectivity index (χ0v) is 31.4. The number of benzene rings is 8. The number of aromatic nitrogens is 3. The zero-order valence-electron chi connectivity index (χ0n) is 31.4. The molecule has 5 heteroatoms. The number of fused-ring (bicyclic) bond motifs is 3. The van der Waals surface area contributed by atoms with Crippen LogP contribution in [0.5, 0.6) is 0 Å². The summed E-state index contributed by atoms with van der Waals surface area (Å²) in [5.41, 5.74) is 14.0. The summed E-state index contributed by atoms with van der Waals surface area (Å²) in [5.74, 6) is 0.688. The van der Waals surface area contributed by atoms with Crippen LogP contribution in [0.15, 0.2) is 212 Å². The van der Waals surface area contributed by atoms with E-state index in [2.05, 4.69) is 154 Å². The Morgan fingerprint density at radius 2 is 0.879 bits per heavy atom. The van der Waals surface area contributed by atoms with E-state index in [-0.39, 0.29) is 0 Å². The molecule has 0 aliphatic carbocycles. The Bertz CT molecular complexity index is 3000. The van der Waals surface area contributed by atoms with Gasteiger partial charge in [0.25, 0.3) is 0 Å². The molecule has 0 N–H and O–H groups in total. The highest BCUT2D eigenvalue weighted by atomic mass is 15.1. The van der Waals surface area contributed by atoms with Gasteiger partial charge in [0, 0.05) is 44.8 Å². The number of para-hydroxylation sites is 2. The molecule has 0 fully saturated rings. The third kappa shape index (κ3) is 6.45. The fourth-order valence-corrected chi connectivity index (χ4v) is 7.81. The quantitative estimate of drug-likeness (QED) is 0.146. The maximum atomic E-state index is 7.83. The first-order chi connectivity index (χ1) is 28.7. The molecule has 0 aliphatic rings. The van der Waals surface area contributed by atoms with Crippen LogP contribution in [0.2, 0.25) is 0 Å². The van der Waals surface area contributed by atoms with Crippen molar-refractivity contribution in [2.45, 2.75) is 0 Å². The summed E-state index contributed by atoms with van der Waals surface area (Å²) in [6, 6.07) is 73.3. The van der Waals surface area contributed by atoms with E-state index in [1.165, 1.54) is 0 Å². The van der Waals surface area contributed by atoms with Gasteiger partial charge in [-0.2, -0.15) is 0 Å². The van der Waals surface area contributed by atoms with E-state index in [9.17, 15) is 0 Å². The Morgan fingerprint density at radius 3 is 1.50 bits per heavy atom. The second-order valence-corrected chi connectivity index (χ2v) is 14.2. The maximum Gasteiger partial charge on any atom is 0.188 e. The van der Waals surface area contributed by atoms with Gasteiger partial charge < -0.3 is 9.47 Å². The van der Waals surface area contributed by atoms with Gasteiger partial charge in [-0.15, -0.1) is 0 Å². The normalized spacial score (nSPS) is 11.1. The lowest BCUT2D eigenvalue weighted by atomic mass is 10.0. The Morgan fingerprint density at radius 1 is 0.397 bits per heavy atom. The summed E-state index contributed by atoms with van der Waals surface area (Å²) >= 11 is 0. The first-order valence-corrected chi connectivity index (χ1v) is 19.3. The van der Waals surface area contributed by atoms with Gasteiger partial charge in [0.15, 0.2) is 11.5 Å². The van der Waals surface area contributed by atoms with Gasteiger partial charge in [-0.05, 0) is 95.4 Å². The lowest BCUT2D eigenvalue weighted by molar-refractivity contribution is 1.17. The molecule has 0 spiro atoms. The average Bonchev–Trinajstić information content (AvgIpc) is 3.63. The smallest absolute Gasteiger partial charge is 0.188 e. The predicted octanol–water partition coefficient (Wildman–Crippen LogP) is 14.3. The number of nitrogens with zero attached hydrogens (tertiary/aromatic N) is 5. The molecule has 8 aromatic carbocycles. The third-order valence-corrected chi connectivity index (χ3v) is 10.6. The summed E-state index contributed by atoms with van der Waals surface area (Å²) in [7, 11) is 0. The van der Waals surface area contributed by atoms with Crippen LogP contribution in [0.4, 0.5) is 22.7 Å². The van der Waals surface area contributed by atoms with Crippen molar-refractivity contribution in [3.05, 3.63) is 224 Å². The molecule has 10 rings (SSSR count). The van der Waals surface area contributed by atoms with Gasteiger partial charge in [0.2, 0.25) is 0 Å². The maximum absolute atomic E-state index is 7.83. The first kappa shape index (κ1) is 34.4. The summed E-state index contributed by atoms with van der Waals surface area (Å²) in [6.07, 6.45) is 0. The molecule has 5 nitrogen and oxygen atoms in total. The average molecular weight is 742 g/mol. The van der Waals surface area contributed by atoms with Crippen molar-refractivity contribution < 1.29 is 0 Å². The van der Waals surface area contributed by atoms with E-state index in [1.807, 2.05) is 72.8 Å². The highest BCUT2D eigenvalue weighted by molar-refractivity contribution is 6.11. The van der Waals surface area contributed by atoms with Crippen LogP contribution in [0, 0.1) is 6.57 Å². The van der Waals surface area contributed by atoms with Crippen LogP contribution in [0.3, 0.4) is 0 Å². The number of hydrogen-bond donors (Lipinski definition) is 0. The van der Waals surface area contributed by atoms with Crippen molar-refractivity contribution in [1.82, 2.24) is 14.5 Å². The first-order valence-electron chi connectivity index (χ1n) is 19.3. The monoisotopic (exact) mass is 741 g/mol. The SMILES string of the molecule is [C-]#[N+]c1ccc2c(c1)c1cc(-c3cccc(N(c4ccccc4)c4ccccc4)c3)ccc1n2-c1ccc(-c2cc(-c3ccccc3)nc(-c3ccccc3)n2)cc1. The topological polar surface area (TPSA) is 38.3 Å². The minimum absolute atomic E-state index is 0.614. The van der Waals surface area contributed by atoms with Crippen LogP contribution >= 0.6 is 0 Å². The van der Waals surface area contributed by atoms with Gasteiger partial charge in [-0.3, -0.25) is 0 Å². The van der Waals surface area contributed by atoms with Gasteiger partial charge in [0.1, 0.15) is 0 Å². The fraction of sp³-hybridized carbons (Fsp3) is 0. The predicted molar refractivity (Wildman–Crippen MR) is 239 cm³/mol. The largest absolute Gasteiger partial charge is 0.310 e. The van der Waals surface area contributed by atoms with Crippen molar-refractivity contribution >= 4 is 44.6 Å². The lowest BCUT2D eigenvalue weighted by Crippen LogP contribution is -2.09. The molecule has 0 unspecified atom stereocenters. The van der Waals surface area contributed by atoms with Crippen LogP contribution < -0.4 is 4.90 Å². The Hall–Kier alpha value is -8.07. The second kappa shape index (κ2) is 14.9. The van der Waals surface area contributed by atoms with E-state index in [4.69, 9.17) is 16.5 Å². The molecular weight excluding hydrogens is 707 g/mol. The summed E-state index contributed by atoms with van der Waals surface area (Å²) in [6.45, 7) is 7.83. The van der Waals surface area contributed by atoms with E-state index in [0.717, 1.165) is 83.8 Å². The van der Waals surface area contributed by atoms with Gasteiger partial charge in [-0.25, -0.2) is 14.8 Å². The Labute approximate surface area is 337 Å². The highest BCUT2D eigenvalue weighted by Crippen LogP contribution is 2.40. The lowest BCUT2D eigenvalue weighted by Gasteiger charge is -2.26.